The number of carbonyl (C=O) groups is 2. The normalized spacial score (nSPS) is 17.2. The van der Waals surface area contributed by atoms with Crippen LogP contribution in [0.1, 0.15) is 45.6 Å². The van der Waals surface area contributed by atoms with Crippen LogP contribution in [0.3, 0.4) is 0 Å². The van der Waals surface area contributed by atoms with Crippen molar-refractivity contribution in [2.45, 2.75) is 44.7 Å². The van der Waals surface area contributed by atoms with Gasteiger partial charge in [0.15, 0.2) is 5.69 Å². The topological polar surface area (TPSA) is 96.7 Å². The Morgan fingerprint density at radius 3 is 2.64 bits per heavy atom. The molecule has 3 aromatic rings. The molecule has 0 fully saturated rings. The number of carboxylic acids is 1. The van der Waals surface area contributed by atoms with E-state index in [4.69, 9.17) is 16.3 Å². The number of carboxylic acid groups (broad SMARTS) is 1. The van der Waals surface area contributed by atoms with Crippen LogP contribution in [-0.4, -0.2) is 53.0 Å². The lowest BCUT2D eigenvalue weighted by Gasteiger charge is -2.23. The van der Waals surface area contributed by atoms with E-state index in [9.17, 15) is 14.7 Å². The van der Waals surface area contributed by atoms with Crippen LogP contribution in [0, 0.1) is 0 Å². The van der Waals surface area contributed by atoms with E-state index in [2.05, 4.69) is 22.5 Å². The Hall–Kier alpha value is -3.36. The van der Waals surface area contributed by atoms with Gasteiger partial charge in [-0.05, 0) is 60.9 Å². The van der Waals surface area contributed by atoms with E-state index in [1.807, 2.05) is 30.3 Å². The lowest BCUT2D eigenvalue weighted by atomic mass is 9.91. The molecule has 0 saturated carbocycles. The summed E-state index contributed by atoms with van der Waals surface area (Å²) in [6.07, 6.45) is 4.71. The van der Waals surface area contributed by atoms with Crippen molar-refractivity contribution in [1.82, 2.24) is 15.1 Å². The molecule has 1 atom stereocenters. The summed E-state index contributed by atoms with van der Waals surface area (Å²) >= 11 is 6.56. The summed E-state index contributed by atoms with van der Waals surface area (Å²) < 4.78 is 7.57. The first-order valence-corrected chi connectivity index (χ1v) is 12.6. The number of anilines is 1. The summed E-state index contributed by atoms with van der Waals surface area (Å²) in [6.45, 7) is 0.911. The number of benzene rings is 2. The van der Waals surface area contributed by atoms with E-state index in [-0.39, 0.29) is 23.4 Å². The number of aryl methyl sites for hydroxylation is 2. The molecular weight excluding hydrogens is 480 g/mol. The molecule has 1 amide bonds. The average molecular weight is 509 g/mol. The number of halogens is 1. The number of amides is 1. The number of hydrogen-bond donors (Lipinski definition) is 2. The van der Waals surface area contributed by atoms with Crippen LogP contribution in [-0.2, 0) is 30.6 Å². The summed E-state index contributed by atoms with van der Waals surface area (Å²) in [7, 11) is 1.77. The predicted molar refractivity (Wildman–Crippen MR) is 137 cm³/mol. The van der Waals surface area contributed by atoms with Crippen LogP contribution >= 0.6 is 11.6 Å². The smallest absolute Gasteiger partial charge is 0.356 e. The molecule has 1 aliphatic heterocycles. The van der Waals surface area contributed by atoms with Gasteiger partial charge in [-0.25, -0.2) is 9.48 Å². The highest BCUT2D eigenvalue weighted by molar-refractivity contribution is 6.30. The second-order valence-corrected chi connectivity index (χ2v) is 9.69. The van der Waals surface area contributed by atoms with Crippen LogP contribution < -0.4 is 15.0 Å². The third kappa shape index (κ3) is 4.83. The third-order valence-electron chi connectivity index (χ3n) is 6.94. The molecule has 188 valence electrons. The molecule has 8 nitrogen and oxygen atoms in total. The SMILES string of the molecule is CN1C(=O)[C@@H](NCCc2c(C(=O)O)nn(Cc3ccccc3)c2Cl)COc2cc3c(cc21)CCCC3. The fourth-order valence-corrected chi connectivity index (χ4v) is 5.26. The fraction of sp³-hybridized carbons (Fsp3) is 0.370. The Labute approximate surface area is 214 Å². The average Bonchev–Trinajstić information content (AvgIpc) is 3.14. The highest BCUT2D eigenvalue weighted by atomic mass is 35.5. The van der Waals surface area contributed by atoms with Crippen molar-refractivity contribution in [2.24, 2.45) is 0 Å². The lowest BCUT2D eigenvalue weighted by molar-refractivity contribution is -0.120. The highest BCUT2D eigenvalue weighted by Crippen LogP contribution is 2.36. The summed E-state index contributed by atoms with van der Waals surface area (Å²) in [5, 5.41) is 17.5. The number of hydrogen-bond acceptors (Lipinski definition) is 5. The van der Waals surface area contributed by atoms with Gasteiger partial charge in [-0.15, -0.1) is 0 Å². The number of likely N-dealkylation sites (N-methyl/N-ethyl adjacent to an activating group) is 1. The first-order valence-electron chi connectivity index (χ1n) is 12.2. The number of fused-ring (bicyclic) bond motifs is 2. The molecule has 2 aromatic carbocycles. The van der Waals surface area contributed by atoms with E-state index in [1.165, 1.54) is 22.2 Å². The first kappa shape index (κ1) is 24.3. The second kappa shape index (κ2) is 10.3. The summed E-state index contributed by atoms with van der Waals surface area (Å²) in [5.41, 5.74) is 4.72. The van der Waals surface area contributed by atoms with Crippen molar-refractivity contribution in [1.29, 1.82) is 0 Å². The summed E-state index contributed by atoms with van der Waals surface area (Å²) in [5.74, 6) is -0.491. The maximum absolute atomic E-state index is 13.2. The minimum Gasteiger partial charge on any atom is -0.489 e. The van der Waals surface area contributed by atoms with Gasteiger partial charge in [0.05, 0.1) is 12.2 Å². The largest absolute Gasteiger partial charge is 0.489 e. The first-order chi connectivity index (χ1) is 17.4. The van der Waals surface area contributed by atoms with Gasteiger partial charge < -0.3 is 20.1 Å². The molecule has 2 aliphatic rings. The molecule has 0 saturated heterocycles. The van der Waals surface area contributed by atoms with Gasteiger partial charge in [-0.1, -0.05) is 41.9 Å². The molecule has 1 aromatic heterocycles. The number of aromatic nitrogens is 2. The van der Waals surface area contributed by atoms with Crippen LogP contribution in [0.15, 0.2) is 42.5 Å². The standard InChI is InChI=1S/C27H29ClN4O4/c1-31-22-13-18-9-5-6-10-19(18)14-23(22)36-16-21(26(31)33)29-12-11-20-24(27(34)35)30-32(25(20)28)15-17-7-3-2-4-8-17/h2-4,7-8,13-14,21,29H,5-6,9-12,15-16H2,1H3,(H,34,35)/t21-/m0/s1. The van der Waals surface area contributed by atoms with Crippen molar-refractivity contribution in [3.05, 3.63) is 75.6 Å². The van der Waals surface area contributed by atoms with E-state index in [1.54, 1.807) is 11.9 Å². The molecule has 0 radical (unpaired) electrons. The fourth-order valence-electron chi connectivity index (χ4n) is 4.98. The van der Waals surface area contributed by atoms with Crippen molar-refractivity contribution in [3.8, 4) is 5.75 Å². The zero-order chi connectivity index (χ0) is 25.2. The molecule has 5 rings (SSSR count). The minimum atomic E-state index is -1.13. The van der Waals surface area contributed by atoms with E-state index >= 15 is 0 Å². The van der Waals surface area contributed by atoms with Crippen LogP contribution in [0.25, 0.3) is 0 Å². The number of carbonyl (C=O) groups excluding carboxylic acids is 1. The minimum absolute atomic E-state index is 0.0729. The maximum atomic E-state index is 13.2. The number of ether oxygens (including phenoxy) is 1. The summed E-state index contributed by atoms with van der Waals surface area (Å²) in [6, 6.07) is 13.2. The molecular formula is C27H29ClN4O4. The zero-order valence-corrected chi connectivity index (χ0v) is 20.9. The Morgan fingerprint density at radius 1 is 1.19 bits per heavy atom. The van der Waals surface area contributed by atoms with Crippen LogP contribution in [0.5, 0.6) is 5.75 Å². The zero-order valence-electron chi connectivity index (χ0n) is 20.2. The molecule has 2 heterocycles. The van der Waals surface area contributed by atoms with Crippen molar-refractivity contribution < 1.29 is 19.4 Å². The predicted octanol–water partition coefficient (Wildman–Crippen LogP) is 3.72. The quantitative estimate of drug-likeness (QED) is 0.505. The van der Waals surface area contributed by atoms with Crippen molar-refractivity contribution in [3.63, 3.8) is 0 Å². The summed E-state index contributed by atoms with van der Waals surface area (Å²) in [4.78, 5) is 26.7. The Kier molecular flexibility index (Phi) is 6.98. The highest BCUT2D eigenvalue weighted by Gasteiger charge is 2.30. The van der Waals surface area contributed by atoms with Gasteiger partial charge in [0.25, 0.3) is 0 Å². The molecule has 36 heavy (non-hydrogen) atoms. The number of aromatic carboxylic acids is 1. The van der Waals surface area contributed by atoms with Gasteiger partial charge in [0.1, 0.15) is 23.6 Å². The molecule has 0 unspecified atom stereocenters. The van der Waals surface area contributed by atoms with Gasteiger partial charge in [-0.3, -0.25) is 4.79 Å². The molecule has 0 spiro atoms. The van der Waals surface area contributed by atoms with Gasteiger partial charge in [0, 0.05) is 19.2 Å². The van der Waals surface area contributed by atoms with E-state index in [0.717, 1.165) is 36.3 Å². The third-order valence-corrected chi connectivity index (χ3v) is 7.37. The number of nitrogens with one attached hydrogen (secondary N) is 1. The Bertz CT molecular complexity index is 1290. The maximum Gasteiger partial charge on any atom is 0.356 e. The molecule has 0 bridgehead atoms. The molecule has 2 N–H and O–H groups in total. The molecule has 9 heteroatoms. The van der Waals surface area contributed by atoms with Crippen LogP contribution in [0.4, 0.5) is 5.69 Å². The number of rotatable bonds is 7. The lowest BCUT2D eigenvalue weighted by Crippen LogP contribution is -2.47. The van der Waals surface area contributed by atoms with Gasteiger partial charge in [-0.2, -0.15) is 5.10 Å². The number of nitrogens with zero attached hydrogens (tertiary/aromatic N) is 3. The Morgan fingerprint density at radius 2 is 1.92 bits per heavy atom. The van der Waals surface area contributed by atoms with Crippen molar-refractivity contribution in [2.75, 3.05) is 25.1 Å². The van der Waals surface area contributed by atoms with Crippen LogP contribution in [0.2, 0.25) is 5.15 Å². The van der Waals surface area contributed by atoms with Gasteiger partial charge >= 0.3 is 5.97 Å². The second-order valence-electron chi connectivity index (χ2n) is 9.33. The molecule has 1 aliphatic carbocycles. The van der Waals surface area contributed by atoms with E-state index in [0.29, 0.717) is 25.1 Å². The van der Waals surface area contributed by atoms with E-state index < -0.39 is 12.0 Å². The Balaban J connectivity index is 1.28. The van der Waals surface area contributed by atoms with Gasteiger partial charge in [0.2, 0.25) is 5.91 Å². The monoisotopic (exact) mass is 508 g/mol. The van der Waals surface area contributed by atoms with Crippen molar-refractivity contribution >= 4 is 29.2 Å².